The minimum Gasteiger partial charge on any atom is -0.303 e. The van der Waals surface area contributed by atoms with Crippen molar-refractivity contribution in [3.8, 4) is 0 Å². The molecule has 1 aromatic carbocycles. The number of fused-ring (bicyclic) bond motifs is 5. The Morgan fingerprint density at radius 2 is 1.55 bits per heavy atom. The topological polar surface area (TPSA) is 12.0 Å². The Balaban J connectivity index is 2.23. The molecule has 0 aromatic heterocycles. The van der Waals surface area contributed by atoms with Gasteiger partial charge in [0.2, 0.25) is 0 Å². The minimum atomic E-state index is 0.677. The molecule has 11 heavy (non-hydrogen) atoms. The molecule has 2 aliphatic heterocycles. The average Bonchev–Trinajstić information content (AvgIpc) is 2.64. The third-order valence-corrected chi connectivity index (χ3v) is 2.89. The minimum absolute atomic E-state index is 0.677. The highest BCUT2D eigenvalue weighted by atomic mass is 15.0. The molecule has 2 heterocycles. The van der Waals surface area contributed by atoms with E-state index in [9.17, 15) is 0 Å². The van der Waals surface area contributed by atoms with Gasteiger partial charge in [-0.3, -0.25) is 0 Å². The normalized spacial score (nSPS) is 32.4. The van der Waals surface area contributed by atoms with Crippen LogP contribution in [0, 0.1) is 0 Å². The summed E-state index contributed by atoms with van der Waals surface area (Å²) in [5, 5.41) is 3.59. The molecule has 0 spiro atoms. The molecule has 1 fully saturated rings. The van der Waals surface area contributed by atoms with Gasteiger partial charge in [0.25, 0.3) is 0 Å². The Hall–Kier alpha value is -0.820. The Bertz CT molecular complexity index is 264. The van der Waals surface area contributed by atoms with E-state index >= 15 is 0 Å². The summed E-state index contributed by atoms with van der Waals surface area (Å²) in [5.74, 6) is 0. The summed E-state index contributed by atoms with van der Waals surface area (Å²) in [4.78, 5) is 0. The third-order valence-electron chi connectivity index (χ3n) is 2.89. The summed E-state index contributed by atoms with van der Waals surface area (Å²) in [6, 6.07) is 10.1. The highest BCUT2D eigenvalue weighted by Crippen LogP contribution is 2.44. The zero-order valence-electron chi connectivity index (χ0n) is 6.38. The lowest BCUT2D eigenvalue weighted by molar-refractivity contribution is 0.639. The lowest BCUT2D eigenvalue weighted by Gasteiger charge is -2.11. The molecule has 56 valence electrons. The van der Waals surface area contributed by atoms with Gasteiger partial charge < -0.3 is 5.32 Å². The molecule has 0 saturated carbocycles. The van der Waals surface area contributed by atoms with Gasteiger partial charge >= 0.3 is 0 Å². The highest BCUT2D eigenvalue weighted by Gasteiger charge is 2.35. The van der Waals surface area contributed by atoms with Crippen molar-refractivity contribution in [2.24, 2.45) is 0 Å². The van der Waals surface area contributed by atoms with Crippen molar-refractivity contribution < 1.29 is 0 Å². The summed E-state index contributed by atoms with van der Waals surface area (Å²) in [6.07, 6.45) is 2.67. The van der Waals surface area contributed by atoms with Crippen LogP contribution < -0.4 is 5.32 Å². The Morgan fingerprint density at radius 1 is 1.00 bits per heavy atom. The van der Waals surface area contributed by atoms with E-state index in [4.69, 9.17) is 0 Å². The summed E-state index contributed by atoms with van der Waals surface area (Å²) in [5.41, 5.74) is 3.09. The fourth-order valence-corrected chi connectivity index (χ4v) is 2.38. The molecule has 1 heteroatoms. The van der Waals surface area contributed by atoms with Gasteiger partial charge in [-0.15, -0.1) is 0 Å². The van der Waals surface area contributed by atoms with E-state index in [1.807, 2.05) is 0 Å². The van der Waals surface area contributed by atoms with Crippen LogP contribution in [0.3, 0.4) is 0 Å². The van der Waals surface area contributed by atoms with E-state index in [0.29, 0.717) is 12.1 Å². The second kappa shape index (κ2) is 1.86. The first-order chi connectivity index (χ1) is 5.45. The molecule has 2 atom stereocenters. The average molecular weight is 145 g/mol. The quantitative estimate of drug-likeness (QED) is 0.590. The molecular weight excluding hydrogens is 134 g/mol. The van der Waals surface area contributed by atoms with Crippen LogP contribution in [0.4, 0.5) is 0 Å². The fraction of sp³-hybridized carbons (Fsp3) is 0.400. The van der Waals surface area contributed by atoms with Gasteiger partial charge in [-0.25, -0.2) is 0 Å². The van der Waals surface area contributed by atoms with Crippen molar-refractivity contribution in [2.45, 2.75) is 24.9 Å². The molecule has 1 nitrogen and oxygen atoms in total. The number of nitrogens with one attached hydrogen (secondary N) is 1. The zero-order valence-corrected chi connectivity index (χ0v) is 6.38. The molecule has 0 radical (unpaired) electrons. The molecule has 3 rings (SSSR count). The maximum Gasteiger partial charge on any atom is 0.0329 e. The Kier molecular flexibility index (Phi) is 0.977. The van der Waals surface area contributed by atoms with Gasteiger partial charge in [0.1, 0.15) is 0 Å². The van der Waals surface area contributed by atoms with Gasteiger partial charge in [0.05, 0.1) is 0 Å². The second-order valence-electron chi connectivity index (χ2n) is 3.48. The van der Waals surface area contributed by atoms with Crippen LogP contribution in [-0.4, -0.2) is 0 Å². The van der Waals surface area contributed by atoms with Gasteiger partial charge in [-0.05, 0) is 24.0 Å². The zero-order chi connectivity index (χ0) is 7.26. The van der Waals surface area contributed by atoms with Crippen LogP contribution in [-0.2, 0) is 0 Å². The standard InChI is InChI=1S/C10H11N/c1-2-4-8-7(3-1)9-5-6-10(8)11-9/h1-4,9-11H,5-6H2/t9-,10-/m0/s1. The predicted molar refractivity (Wildman–Crippen MR) is 44.3 cm³/mol. The summed E-state index contributed by atoms with van der Waals surface area (Å²) < 4.78 is 0. The maximum absolute atomic E-state index is 3.59. The monoisotopic (exact) mass is 145 g/mol. The molecule has 1 aromatic rings. The van der Waals surface area contributed by atoms with Crippen LogP contribution in [0.2, 0.25) is 0 Å². The molecule has 1 saturated heterocycles. The Labute approximate surface area is 66.4 Å². The largest absolute Gasteiger partial charge is 0.303 e. The molecule has 2 bridgehead atoms. The molecule has 0 amide bonds. The van der Waals surface area contributed by atoms with E-state index in [1.165, 1.54) is 12.8 Å². The van der Waals surface area contributed by atoms with Gasteiger partial charge in [0.15, 0.2) is 0 Å². The van der Waals surface area contributed by atoms with Crippen LogP contribution in [0.1, 0.15) is 36.1 Å². The fourth-order valence-electron chi connectivity index (χ4n) is 2.38. The van der Waals surface area contributed by atoms with E-state index < -0.39 is 0 Å². The number of benzene rings is 1. The third kappa shape index (κ3) is 0.641. The van der Waals surface area contributed by atoms with Crippen molar-refractivity contribution in [1.29, 1.82) is 0 Å². The molecule has 0 aliphatic carbocycles. The van der Waals surface area contributed by atoms with Crippen molar-refractivity contribution >= 4 is 0 Å². The Morgan fingerprint density at radius 3 is 2.09 bits per heavy atom. The summed E-state index contributed by atoms with van der Waals surface area (Å²) in [6.45, 7) is 0. The van der Waals surface area contributed by atoms with E-state index in [-0.39, 0.29) is 0 Å². The SMILES string of the molecule is c1ccc2c(c1)[C@@H]1CC[C@@H]2N1. The highest BCUT2D eigenvalue weighted by molar-refractivity contribution is 5.39. The smallest absolute Gasteiger partial charge is 0.0329 e. The van der Waals surface area contributed by atoms with E-state index in [1.54, 1.807) is 11.1 Å². The van der Waals surface area contributed by atoms with Crippen LogP contribution in [0.25, 0.3) is 0 Å². The van der Waals surface area contributed by atoms with E-state index in [0.717, 1.165) is 0 Å². The molecule has 2 aliphatic rings. The van der Waals surface area contributed by atoms with Gasteiger partial charge in [0, 0.05) is 12.1 Å². The van der Waals surface area contributed by atoms with Gasteiger partial charge in [-0.2, -0.15) is 0 Å². The van der Waals surface area contributed by atoms with Crippen molar-refractivity contribution in [1.82, 2.24) is 5.32 Å². The summed E-state index contributed by atoms with van der Waals surface area (Å²) in [7, 11) is 0. The number of hydrogen-bond donors (Lipinski definition) is 1. The van der Waals surface area contributed by atoms with E-state index in [2.05, 4.69) is 29.6 Å². The first-order valence-corrected chi connectivity index (χ1v) is 4.30. The van der Waals surface area contributed by atoms with Crippen LogP contribution >= 0.6 is 0 Å². The number of rotatable bonds is 0. The number of hydrogen-bond acceptors (Lipinski definition) is 1. The first kappa shape index (κ1) is 5.78. The predicted octanol–water partition coefficient (Wildman–Crippen LogP) is 2.17. The first-order valence-electron chi connectivity index (χ1n) is 4.30. The molecule has 1 N–H and O–H groups in total. The van der Waals surface area contributed by atoms with Gasteiger partial charge in [-0.1, -0.05) is 24.3 Å². The van der Waals surface area contributed by atoms with Crippen molar-refractivity contribution in [2.75, 3.05) is 0 Å². The lowest BCUT2D eigenvalue weighted by Crippen LogP contribution is -2.05. The summed E-state index contributed by atoms with van der Waals surface area (Å²) >= 11 is 0. The van der Waals surface area contributed by atoms with Crippen LogP contribution in [0.15, 0.2) is 24.3 Å². The van der Waals surface area contributed by atoms with Crippen molar-refractivity contribution in [3.63, 3.8) is 0 Å². The molecule has 0 unspecified atom stereocenters. The second-order valence-corrected chi connectivity index (χ2v) is 3.48. The lowest BCUT2D eigenvalue weighted by atomic mass is 9.92. The molecular formula is C10H11N. The van der Waals surface area contributed by atoms with Crippen molar-refractivity contribution in [3.05, 3.63) is 35.4 Å². The maximum atomic E-state index is 3.59. The van der Waals surface area contributed by atoms with Crippen LogP contribution in [0.5, 0.6) is 0 Å².